The van der Waals surface area contributed by atoms with E-state index in [1.165, 1.54) is 24.1 Å². The van der Waals surface area contributed by atoms with Crippen LogP contribution in [-0.4, -0.2) is 41.5 Å². The van der Waals surface area contributed by atoms with Crippen LogP contribution in [0.15, 0.2) is 12.7 Å². The Morgan fingerprint density at radius 2 is 2.20 bits per heavy atom. The maximum Gasteiger partial charge on any atom is 0.386 e. The smallest absolute Gasteiger partial charge is 0.382 e. The van der Waals surface area contributed by atoms with Gasteiger partial charge in [-0.05, 0) is 6.92 Å². The number of ether oxygens (including phenoxy) is 1. The molecule has 0 aromatic rings. The van der Waals surface area contributed by atoms with E-state index in [0.717, 1.165) is 0 Å². The normalized spacial score (nSPS) is 15.4. The van der Waals surface area contributed by atoms with Crippen LogP contribution in [0.3, 0.4) is 0 Å². The number of fused-ring (bicyclic) bond motifs is 1. The summed E-state index contributed by atoms with van der Waals surface area (Å²) >= 11 is 0. The van der Waals surface area contributed by atoms with Crippen LogP contribution in [0.2, 0.25) is 0 Å². The van der Waals surface area contributed by atoms with Crippen molar-refractivity contribution in [3.8, 4) is 11.5 Å². The quantitative estimate of drug-likeness (QED) is 0.666. The van der Waals surface area contributed by atoms with Crippen molar-refractivity contribution in [2.45, 2.75) is 25.7 Å². The van der Waals surface area contributed by atoms with Crippen LogP contribution >= 0.6 is 7.60 Å². The van der Waals surface area contributed by atoms with E-state index in [1.54, 1.807) is 0 Å². The second-order valence-electron chi connectivity index (χ2n) is 4.16. The van der Waals surface area contributed by atoms with E-state index >= 15 is 0 Å². The van der Waals surface area contributed by atoms with Gasteiger partial charge in [0.1, 0.15) is 12.0 Å². The summed E-state index contributed by atoms with van der Waals surface area (Å²) in [5.41, 5.74) is 6.01. The van der Waals surface area contributed by atoms with Crippen molar-refractivity contribution in [3.63, 3.8) is 0 Å². The fourth-order valence-electron chi connectivity index (χ4n) is 1.62. The molecule has 9 nitrogen and oxygen atoms in total. The van der Waals surface area contributed by atoms with Crippen molar-refractivity contribution in [2.75, 3.05) is 5.73 Å². The summed E-state index contributed by atoms with van der Waals surface area (Å²) in [7, 11) is -4.92. The van der Waals surface area contributed by atoms with Crippen molar-refractivity contribution < 1.29 is 23.5 Å². The van der Waals surface area contributed by atoms with Gasteiger partial charge in [0.25, 0.3) is 0 Å². The first-order valence-corrected chi connectivity index (χ1v) is 7.23. The van der Waals surface area contributed by atoms with Crippen LogP contribution in [-0.2, 0) is 15.8 Å². The van der Waals surface area contributed by atoms with Crippen LogP contribution in [0.4, 0.5) is 10.2 Å². The van der Waals surface area contributed by atoms with Gasteiger partial charge in [-0.25, -0.2) is 19.3 Å². The second kappa shape index (κ2) is 5.41. The SMILES string of the molecule is CC(Cn1cnc(N)c2ncnc1-2)O[C@@H](F)P(=O)(O)O. The molecule has 2 aliphatic heterocycles. The molecule has 0 saturated heterocycles. The van der Waals surface area contributed by atoms with Crippen molar-refractivity contribution >= 4 is 13.4 Å². The first-order chi connectivity index (χ1) is 9.29. The van der Waals surface area contributed by atoms with Gasteiger partial charge in [-0.15, -0.1) is 0 Å². The molecule has 2 aliphatic rings. The van der Waals surface area contributed by atoms with Crippen molar-refractivity contribution in [1.82, 2.24) is 19.5 Å². The fraction of sp³-hybridized carbons (Fsp3) is 0.444. The molecule has 0 aromatic heterocycles. The minimum absolute atomic E-state index is 0.0862. The van der Waals surface area contributed by atoms with Gasteiger partial charge in [0, 0.05) is 0 Å². The number of nitrogens with zero attached hydrogens (tertiary/aromatic N) is 4. The predicted octanol–water partition coefficient (Wildman–Crippen LogP) is 0.196. The number of hydrogen-bond donors (Lipinski definition) is 3. The lowest BCUT2D eigenvalue weighted by molar-refractivity contribution is -0.0466. The summed E-state index contributed by atoms with van der Waals surface area (Å²) in [6, 6.07) is 0. The third-order valence-electron chi connectivity index (χ3n) is 2.49. The lowest BCUT2D eigenvalue weighted by Crippen LogP contribution is -2.23. The van der Waals surface area contributed by atoms with E-state index in [0.29, 0.717) is 11.5 Å². The largest absolute Gasteiger partial charge is 0.386 e. The molecule has 0 fully saturated rings. The molecule has 0 amide bonds. The van der Waals surface area contributed by atoms with Crippen LogP contribution in [0.5, 0.6) is 0 Å². The maximum absolute atomic E-state index is 13.1. The highest BCUT2D eigenvalue weighted by Gasteiger charge is 2.31. The van der Waals surface area contributed by atoms with Gasteiger partial charge < -0.3 is 24.8 Å². The van der Waals surface area contributed by atoms with Crippen molar-refractivity contribution in [3.05, 3.63) is 12.7 Å². The number of rotatable bonds is 5. The van der Waals surface area contributed by atoms with Gasteiger partial charge in [-0.2, -0.15) is 0 Å². The molecule has 2 heterocycles. The molecule has 11 heteroatoms. The zero-order valence-electron chi connectivity index (χ0n) is 10.4. The van der Waals surface area contributed by atoms with Gasteiger partial charge in [0.2, 0.25) is 0 Å². The Labute approximate surface area is 113 Å². The Hall–Kier alpha value is -1.61. The number of imidazole rings is 1. The van der Waals surface area contributed by atoms with Gasteiger partial charge in [-0.3, -0.25) is 4.57 Å². The molecule has 110 valence electrons. The highest BCUT2D eigenvalue weighted by molar-refractivity contribution is 7.52. The number of nitrogen functional groups attached to an aromatic ring is 1. The molecule has 0 radical (unpaired) electrons. The van der Waals surface area contributed by atoms with Crippen molar-refractivity contribution in [1.29, 1.82) is 0 Å². The van der Waals surface area contributed by atoms with E-state index in [-0.39, 0.29) is 12.4 Å². The molecule has 2 atom stereocenters. The molecule has 0 spiro atoms. The molecule has 20 heavy (non-hydrogen) atoms. The number of nitrogens with two attached hydrogens (primary N) is 1. The number of anilines is 1. The van der Waals surface area contributed by atoms with Gasteiger partial charge in [0.15, 0.2) is 11.6 Å². The Kier molecular flexibility index (Phi) is 4.00. The number of aromatic nitrogens is 4. The molecule has 0 bridgehead atoms. The Balaban J connectivity index is 2.11. The van der Waals surface area contributed by atoms with Crippen molar-refractivity contribution in [2.24, 2.45) is 0 Å². The summed E-state index contributed by atoms with van der Waals surface area (Å²) in [5, 5.41) is 0. The van der Waals surface area contributed by atoms with E-state index in [9.17, 15) is 8.96 Å². The molecule has 0 aliphatic carbocycles. The second-order valence-corrected chi connectivity index (χ2v) is 5.74. The van der Waals surface area contributed by atoms with Crippen LogP contribution < -0.4 is 5.73 Å². The van der Waals surface area contributed by atoms with Gasteiger partial charge >= 0.3 is 13.7 Å². The predicted molar refractivity (Wildman–Crippen MR) is 66.3 cm³/mol. The Morgan fingerprint density at radius 1 is 1.50 bits per heavy atom. The summed E-state index contributed by atoms with van der Waals surface area (Å²) < 4.78 is 29.9. The summed E-state index contributed by atoms with van der Waals surface area (Å²) in [4.78, 5) is 29.1. The van der Waals surface area contributed by atoms with Crippen LogP contribution in [0, 0.1) is 0 Å². The number of halogens is 1. The average molecular weight is 305 g/mol. The summed E-state index contributed by atoms with van der Waals surface area (Å²) in [6.07, 6.45) is -0.802. The first-order valence-electron chi connectivity index (χ1n) is 5.55. The first kappa shape index (κ1) is 14.8. The molecule has 2 rings (SSSR count). The van der Waals surface area contributed by atoms with E-state index < -0.39 is 19.8 Å². The van der Waals surface area contributed by atoms with E-state index in [2.05, 4.69) is 19.7 Å². The average Bonchev–Trinajstić information content (AvgIpc) is 2.81. The lowest BCUT2D eigenvalue weighted by atomic mass is 10.3. The molecule has 1 unspecified atom stereocenters. The zero-order valence-corrected chi connectivity index (χ0v) is 11.3. The zero-order chi connectivity index (χ0) is 14.9. The maximum atomic E-state index is 13.1. The summed E-state index contributed by atoms with van der Waals surface area (Å²) in [6.45, 7) is 1.55. The minimum atomic E-state index is -4.92. The Morgan fingerprint density at radius 3 is 2.85 bits per heavy atom. The third kappa shape index (κ3) is 3.10. The fourth-order valence-corrected chi connectivity index (χ4v) is 1.99. The lowest BCUT2D eigenvalue weighted by Gasteiger charge is -2.19. The van der Waals surface area contributed by atoms with Crippen LogP contribution in [0.25, 0.3) is 11.5 Å². The van der Waals surface area contributed by atoms with E-state index in [1.807, 2.05) is 0 Å². The third-order valence-corrected chi connectivity index (χ3v) is 3.14. The van der Waals surface area contributed by atoms with Gasteiger partial charge in [-0.1, -0.05) is 0 Å². The standard InChI is InChI=1S/C9H13FN5O4P/c1-5(19-9(10)20(16,17)18)2-15-4-14-7(11)6-8(15)13-3-12-6/h3-5,9H,2,11H2,1H3,(H2,16,17,18)/t5?,9-/m1/s1. The number of alkyl halides is 1. The molecular formula is C9H13FN5O4P. The highest BCUT2D eigenvalue weighted by atomic mass is 31.2. The number of hydrogen-bond acceptors (Lipinski definition) is 6. The van der Waals surface area contributed by atoms with Crippen LogP contribution in [0.1, 0.15) is 6.92 Å². The monoisotopic (exact) mass is 305 g/mol. The van der Waals surface area contributed by atoms with Gasteiger partial charge in [0.05, 0.1) is 19.0 Å². The summed E-state index contributed by atoms with van der Waals surface area (Å²) in [5.74, 6) is 0.639. The molecule has 0 saturated carbocycles. The molecule has 0 aromatic carbocycles. The minimum Gasteiger partial charge on any atom is -0.382 e. The topological polar surface area (TPSA) is 136 Å². The molecular weight excluding hydrogens is 292 g/mol. The van der Waals surface area contributed by atoms with E-state index in [4.69, 9.17) is 15.5 Å². The highest BCUT2D eigenvalue weighted by Crippen LogP contribution is 2.43. The Bertz CT molecular complexity index is 616. The molecule has 4 N–H and O–H groups in total.